The third-order valence-corrected chi connectivity index (χ3v) is 6.66. The number of phenols is 1. The molecule has 2 aromatic carbocycles. The molecule has 0 unspecified atom stereocenters. The Bertz CT molecular complexity index is 1430. The van der Waals surface area contributed by atoms with E-state index in [-0.39, 0.29) is 11.7 Å². The van der Waals surface area contributed by atoms with Crippen molar-refractivity contribution >= 4 is 34.8 Å². The van der Waals surface area contributed by atoms with Crippen LogP contribution < -0.4 is 10.6 Å². The van der Waals surface area contributed by atoms with Gasteiger partial charge >= 0.3 is 0 Å². The predicted molar refractivity (Wildman–Crippen MR) is 137 cm³/mol. The summed E-state index contributed by atoms with van der Waals surface area (Å²) in [5.74, 6) is 0.153. The second-order valence-corrected chi connectivity index (χ2v) is 8.87. The number of benzene rings is 2. The lowest BCUT2D eigenvalue weighted by atomic mass is 10.0. The molecule has 4 heterocycles. The lowest BCUT2D eigenvalue weighted by molar-refractivity contribution is 0.0737. The zero-order valence-electron chi connectivity index (χ0n) is 19.2. The van der Waals surface area contributed by atoms with Crippen LogP contribution in [0.15, 0.2) is 48.5 Å². The third-order valence-electron chi connectivity index (χ3n) is 6.66. The van der Waals surface area contributed by atoms with E-state index in [9.17, 15) is 9.90 Å². The molecule has 2 aliphatic heterocycles. The molecule has 35 heavy (non-hydrogen) atoms. The first kappa shape index (κ1) is 21.4. The van der Waals surface area contributed by atoms with E-state index < -0.39 is 0 Å². The quantitative estimate of drug-likeness (QED) is 0.367. The van der Waals surface area contributed by atoms with Gasteiger partial charge < -0.3 is 20.6 Å². The summed E-state index contributed by atoms with van der Waals surface area (Å²) in [7, 11) is 0. The number of nitrogens with zero attached hydrogens (tertiary/aromatic N) is 3. The third kappa shape index (κ3) is 4.02. The highest BCUT2D eigenvalue weighted by Crippen LogP contribution is 2.31. The van der Waals surface area contributed by atoms with E-state index in [1.165, 1.54) is 5.56 Å². The van der Waals surface area contributed by atoms with Gasteiger partial charge in [0.05, 0.1) is 22.3 Å². The number of amides is 1. The fourth-order valence-electron chi connectivity index (χ4n) is 4.84. The molecule has 2 aliphatic rings. The Kier molecular flexibility index (Phi) is 5.42. The van der Waals surface area contributed by atoms with Gasteiger partial charge in [0.25, 0.3) is 5.91 Å². The topological polar surface area (TPSA) is 106 Å². The van der Waals surface area contributed by atoms with Crippen LogP contribution in [0.25, 0.3) is 34.4 Å². The van der Waals surface area contributed by atoms with Crippen molar-refractivity contribution < 1.29 is 9.90 Å². The first-order valence-electron chi connectivity index (χ1n) is 11.9. The monoisotopic (exact) mass is 466 g/mol. The van der Waals surface area contributed by atoms with Crippen LogP contribution in [0.1, 0.15) is 27.2 Å². The number of para-hydroxylation sites is 1. The standard InChI is InChI=1S/C27H26N6O2/c34-20-7-4-17(5-8-20)23-16-21(27(35)33-14-12-28-13-15-33)24-22(31-32-26(24)30-23)9-6-18-2-1-3-19-10-11-29-25(18)19/h1-9,16,28-29,34H,10-15H2,(H,30,31,32). The molecule has 1 saturated heterocycles. The number of hydrogen-bond acceptors (Lipinski definition) is 6. The lowest BCUT2D eigenvalue weighted by Crippen LogP contribution is -2.46. The number of anilines is 1. The summed E-state index contributed by atoms with van der Waals surface area (Å²) in [6.45, 7) is 3.80. The SMILES string of the molecule is O=C(c1cc(-c2ccc(O)cc2)nc2[nH]nc(C=Cc3cccc4c3NCC4)c12)N1CCNCC1. The zero-order chi connectivity index (χ0) is 23.8. The minimum absolute atomic E-state index is 0.0303. The highest BCUT2D eigenvalue weighted by molar-refractivity contribution is 6.09. The van der Waals surface area contributed by atoms with Gasteiger partial charge in [0.2, 0.25) is 0 Å². The number of nitrogens with one attached hydrogen (secondary N) is 3. The van der Waals surface area contributed by atoms with Gasteiger partial charge in [0.15, 0.2) is 5.65 Å². The molecular weight excluding hydrogens is 440 g/mol. The van der Waals surface area contributed by atoms with Crippen LogP contribution in [-0.2, 0) is 6.42 Å². The fraction of sp³-hybridized carbons (Fsp3) is 0.222. The Hall–Kier alpha value is -4.17. The largest absolute Gasteiger partial charge is 0.508 e. The Morgan fingerprint density at radius 1 is 1.03 bits per heavy atom. The lowest BCUT2D eigenvalue weighted by Gasteiger charge is -2.27. The second kappa shape index (κ2) is 8.88. The van der Waals surface area contributed by atoms with E-state index in [4.69, 9.17) is 4.98 Å². The molecule has 176 valence electrons. The minimum Gasteiger partial charge on any atom is -0.508 e. The smallest absolute Gasteiger partial charge is 0.254 e. The highest BCUT2D eigenvalue weighted by atomic mass is 16.3. The molecular formula is C27H26N6O2. The maximum absolute atomic E-state index is 13.7. The molecule has 1 fully saturated rings. The number of aromatic hydroxyl groups is 1. The molecule has 6 rings (SSSR count). The van der Waals surface area contributed by atoms with Crippen LogP contribution in [0.4, 0.5) is 5.69 Å². The van der Waals surface area contributed by atoms with E-state index in [1.807, 2.05) is 23.1 Å². The Labute approximate surface area is 202 Å². The number of pyridine rings is 1. The number of H-pyrrole nitrogens is 1. The molecule has 1 amide bonds. The Balaban J connectivity index is 1.46. The molecule has 0 spiro atoms. The van der Waals surface area contributed by atoms with Gasteiger partial charge in [-0.3, -0.25) is 9.89 Å². The molecule has 8 heteroatoms. The highest BCUT2D eigenvalue weighted by Gasteiger charge is 2.24. The van der Waals surface area contributed by atoms with Crippen molar-refractivity contribution in [3.05, 3.63) is 70.9 Å². The van der Waals surface area contributed by atoms with Crippen molar-refractivity contribution in [3.63, 3.8) is 0 Å². The summed E-state index contributed by atoms with van der Waals surface area (Å²) in [6, 6.07) is 15.0. The van der Waals surface area contributed by atoms with E-state index in [2.05, 4.69) is 39.0 Å². The van der Waals surface area contributed by atoms with Crippen LogP contribution in [0.3, 0.4) is 0 Å². The molecule has 8 nitrogen and oxygen atoms in total. The molecule has 0 aliphatic carbocycles. The minimum atomic E-state index is -0.0303. The Morgan fingerprint density at radius 3 is 2.69 bits per heavy atom. The number of phenolic OH excluding ortho intramolecular Hbond substituents is 1. The molecule has 0 saturated carbocycles. The molecule has 4 aromatic rings. The summed E-state index contributed by atoms with van der Waals surface area (Å²) >= 11 is 0. The van der Waals surface area contributed by atoms with Gasteiger partial charge in [-0.25, -0.2) is 4.98 Å². The number of fused-ring (bicyclic) bond motifs is 2. The van der Waals surface area contributed by atoms with Gasteiger partial charge in [-0.15, -0.1) is 0 Å². The molecule has 0 bridgehead atoms. The number of carbonyl (C=O) groups is 1. The second-order valence-electron chi connectivity index (χ2n) is 8.87. The molecule has 0 radical (unpaired) electrons. The van der Waals surface area contributed by atoms with E-state index >= 15 is 0 Å². The van der Waals surface area contributed by atoms with Gasteiger partial charge in [-0.05, 0) is 54.0 Å². The summed E-state index contributed by atoms with van der Waals surface area (Å²) in [5, 5.41) is 24.7. The summed E-state index contributed by atoms with van der Waals surface area (Å²) in [4.78, 5) is 20.3. The number of rotatable bonds is 4. The van der Waals surface area contributed by atoms with Crippen molar-refractivity contribution in [2.45, 2.75) is 6.42 Å². The predicted octanol–water partition coefficient (Wildman–Crippen LogP) is 3.51. The van der Waals surface area contributed by atoms with Crippen molar-refractivity contribution in [2.75, 3.05) is 38.0 Å². The van der Waals surface area contributed by atoms with Crippen LogP contribution in [-0.4, -0.2) is 63.8 Å². The van der Waals surface area contributed by atoms with E-state index in [1.54, 1.807) is 24.3 Å². The van der Waals surface area contributed by atoms with Gasteiger partial charge in [-0.2, -0.15) is 5.10 Å². The van der Waals surface area contributed by atoms with Crippen LogP contribution in [0.2, 0.25) is 0 Å². The molecule has 0 atom stereocenters. The van der Waals surface area contributed by atoms with Crippen LogP contribution in [0, 0.1) is 0 Å². The zero-order valence-corrected chi connectivity index (χ0v) is 19.2. The number of aromatic nitrogens is 3. The summed E-state index contributed by atoms with van der Waals surface area (Å²) < 4.78 is 0. The number of hydrogen-bond donors (Lipinski definition) is 4. The Morgan fingerprint density at radius 2 is 1.86 bits per heavy atom. The first-order chi connectivity index (χ1) is 17.2. The average Bonchev–Trinajstić information content (AvgIpc) is 3.55. The van der Waals surface area contributed by atoms with E-state index in [0.717, 1.165) is 42.9 Å². The van der Waals surface area contributed by atoms with Gasteiger partial charge in [0.1, 0.15) is 5.75 Å². The van der Waals surface area contributed by atoms with Crippen molar-refractivity contribution in [1.29, 1.82) is 0 Å². The number of carbonyl (C=O) groups excluding carboxylic acids is 1. The average molecular weight is 467 g/mol. The van der Waals surface area contributed by atoms with Crippen molar-refractivity contribution in [2.24, 2.45) is 0 Å². The summed E-state index contributed by atoms with van der Waals surface area (Å²) in [6.07, 6.45) is 5.01. The number of piperazine rings is 1. The van der Waals surface area contributed by atoms with Crippen LogP contribution in [0.5, 0.6) is 5.75 Å². The maximum atomic E-state index is 13.7. The summed E-state index contributed by atoms with van der Waals surface area (Å²) in [5.41, 5.74) is 6.85. The van der Waals surface area contributed by atoms with Crippen molar-refractivity contribution in [1.82, 2.24) is 25.4 Å². The molecule has 4 N–H and O–H groups in total. The number of aromatic amines is 1. The van der Waals surface area contributed by atoms with Gasteiger partial charge in [0, 0.05) is 44.0 Å². The van der Waals surface area contributed by atoms with E-state index in [0.29, 0.717) is 41.1 Å². The first-order valence-corrected chi connectivity index (χ1v) is 11.9. The maximum Gasteiger partial charge on any atom is 0.254 e. The van der Waals surface area contributed by atoms with Crippen LogP contribution >= 0.6 is 0 Å². The fourth-order valence-corrected chi connectivity index (χ4v) is 4.84. The molecule has 2 aromatic heterocycles. The normalized spacial score (nSPS) is 15.5. The van der Waals surface area contributed by atoms with Crippen molar-refractivity contribution in [3.8, 4) is 17.0 Å². The van der Waals surface area contributed by atoms with Gasteiger partial charge in [-0.1, -0.05) is 24.3 Å².